The Kier molecular flexibility index (Phi) is 5.44. The van der Waals surface area contributed by atoms with Crippen molar-refractivity contribution in [3.05, 3.63) is 69.4 Å². The Hall–Kier alpha value is -2.68. The molecular formula is C18H15IN4O2. The molecule has 2 amide bonds. The summed E-state index contributed by atoms with van der Waals surface area (Å²) in [5.74, 6) is -0.684. The molecule has 0 saturated heterocycles. The van der Waals surface area contributed by atoms with E-state index in [9.17, 15) is 9.59 Å². The maximum Gasteiger partial charge on any atom is 0.259 e. The lowest BCUT2D eigenvalue weighted by atomic mass is 10.2. The van der Waals surface area contributed by atoms with E-state index in [0.29, 0.717) is 5.56 Å². The number of fused-ring (bicyclic) bond motifs is 1. The summed E-state index contributed by atoms with van der Waals surface area (Å²) in [6.07, 6.45) is 3.39. The fourth-order valence-corrected chi connectivity index (χ4v) is 2.95. The predicted octanol–water partition coefficient (Wildman–Crippen LogP) is 2.65. The second-order valence-corrected chi connectivity index (χ2v) is 6.41. The number of hydrazone groups is 1. The molecule has 0 atom stereocenters. The average molecular weight is 446 g/mol. The number of rotatable bonds is 5. The Labute approximate surface area is 157 Å². The van der Waals surface area contributed by atoms with Crippen molar-refractivity contribution in [2.75, 3.05) is 6.54 Å². The maximum atomic E-state index is 12.0. The number of carbonyl (C=O) groups excluding carboxylic acids is 2. The van der Waals surface area contributed by atoms with Crippen LogP contribution in [0.3, 0.4) is 0 Å². The minimum absolute atomic E-state index is 0.144. The molecule has 126 valence electrons. The van der Waals surface area contributed by atoms with Gasteiger partial charge in [0.2, 0.25) is 0 Å². The Bertz CT molecular complexity index is 949. The highest BCUT2D eigenvalue weighted by Crippen LogP contribution is 2.15. The number of aromatic nitrogens is 1. The highest BCUT2D eigenvalue weighted by atomic mass is 127. The van der Waals surface area contributed by atoms with Gasteiger partial charge >= 0.3 is 0 Å². The summed E-state index contributed by atoms with van der Waals surface area (Å²) in [5.41, 5.74) is 4.82. The minimum Gasteiger partial charge on any atom is -0.361 e. The number of hydrogen-bond acceptors (Lipinski definition) is 3. The highest BCUT2D eigenvalue weighted by molar-refractivity contribution is 14.1. The molecule has 25 heavy (non-hydrogen) atoms. The molecule has 3 rings (SSSR count). The number of nitrogens with zero attached hydrogens (tertiary/aromatic N) is 1. The van der Waals surface area contributed by atoms with E-state index in [0.717, 1.165) is 20.0 Å². The maximum absolute atomic E-state index is 12.0. The van der Waals surface area contributed by atoms with Gasteiger partial charge in [-0.05, 0) is 40.8 Å². The van der Waals surface area contributed by atoms with Crippen LogP contribution >= 0.6 is 22.6 Å². The Morgan fingerprint density at radius 2 is 1.88 bits per heavy atom. The highest BCUT2D eigenvalue weighted by Gasteiger charge is 2.10. The van der Waals surface area contributed by atoms with Crippen molar-refractivity contribution in [3.63, 3.8) is 0 Å². The standard InChI is InChI=1S/C18H15IN4O2/c19-15-7-3-1-6-14(15)18(25)21-11-17(24)23-22-10-12-9-20-16-8-4-2-5-13(12)16/h1-10,20H,11H2,(H,21,25)(H,23,24)/b22-10+. The van der Waals surface area contributed by atoms with Crippen LogP contribution in [0.1, 0.15) is 15.9 Å². The molecule has 0 saturated carbocycles. The number of nitrogens with one attached hydrogen (secondary N) is 3. The van der Waals surface area contributed by atoms with Gasteiger partial charge in [-0.2, -0.15) is 5.10 Å². The van der Waals surface area contributed by atoms with E-state index < -0.39 is 5.91 Å². The lowest BCUT2D eigenvalue weighted by Crippen LogP contribution is -2.35. The third-order valence-electron chi connectivity index (χ3n) is 3.54. The fourth-order valence-electron chi connectivity index (χ4n) is 2.32. The molecule has 0 fully saturated rings. The van der Waals surface area contributed by atoms with E-state index >= 15 is 0 Å². The number of H-pyrrole nitrogens is 1. The minimum atomic E-state index is -0.393. The van der Waals surface area contributed by atoms with Crippen LogP contribution in [-0.2, 0) is 4.79 Å². The number of benzene rings is 2. The predicted molar refractivity (Wildman–Crippen MR) is 106 cm³/mol. The quantitative estimate of drug-likeness (QED) is 0.320. The summed E-state index contributed by atoms with van der Waals surface area (Å²) in [6.45, 7) is -0.144. The van der Waals surface area contributed by atoms with Crippen LogP contribution in [0.5, 0.6) is 0 Å². The Balaban J connectivity index is 1.53. The molecule has 1 aromatic heterocycles. The SMILES string of the molecule is O=C(CNC(=O)c1ccccc1I)N/N=C/c1c[nH]c2ccccc12. The molecular weight excluding hydrogens is 431 g/mol. The molecule has 0 aliphatic carbocycles. The van der Waals surface area contributed by atoms with E-state index in [1.54, 1.807) is 18.3 Å². The molecule has 0 unspecified atom stereocenters. The zero-order valence-electron chi connectivity index (χ0n) is 13.1. The molecule has 3 aromatic rings. The van der Waals surface area contributed by atoms with E-state index in [1.165, 1.54) is 0 Å². The molecule has 3 N–H and O–H groups in total. The van der Waals surface area contributed by atoms with Gasteiger partial charge in [0.25, 0.3) is 11.8 Å². The Morgan fingerprint density at radius 3 is 2.72 bits per heavy atom. The van der Waals surface area contributed by atoms with Crippen LogP contribution in [-0.4, -0.2) is 29.6 Å². The number of para-hydroxylation sites is 1. The smallest absolute Gasteiger partial charge is 0.259 e. The van der Waals surface area contributed by atoms with Crippen molar-refractivity contribution in [1.29, 1.82) is 0 Å². The molecule has 0 aliphatic heterocycles. The third kappa shape index (κ3) is 4.24. The van der Waals surface area contributed by atoms with Gasteiger partial charge in [0, 0.05) is 26.2 Å². The first kappa shape index (κ1) is 17.2. The summed E-state index contributed by atoms with van der Waals surface area (Å²) in [6, 6.07) is 15.0. The van der Waals surface area contributed by atoms with E-state index in [2.05, 4.69) is 43.4 Å². The van der Waals surface area contributed by atoms with E-state index in [-0.39, 0.29) is 12.5 Å². The van der Waals surface area contributed by atoms with Crippen LogP contribution in [0.25, 0.3) is 10.9 Å². The first-order valence-corrected chi connectivity index (χ1v) is 8.64. The van der Waals surface area contributed by atoms with Gasteiger partial charge in [0.1, 0.15) is 0 Å². The first-order chi connectivity index (χ1) is 12.1. The summed E-state index contributed by atoms with van der Waals surface area (Å²) in [5, 5.41) is 7.53. The van der Waals surface area contributed by atoms with Crippen molar-refractivity contribution < 1.29 is 9.59 Å². The fraction of sp³-hybridized carbons (Fsp3) is 0.0556. The lowest BCUT2D eigenvalue weighted by molar-refractivity contribution is -0.120. The monoisotopic (exact) mass is 446 g/mol. The molecule has 7 heteroatoms. The summed E-state index contributed by atoms with van der Waals surface area (Å²) in [7, 11) is 0. The molecule has 6 nitrogen and oxygen atoms in total. The van der Waals surface area contributed by atoms with E-state index in [1.807, 2.05) is 42.6 Å². The van der Waals surface area contributed by atoms with Gasteiger partial charge in [-0.3, -0.25) is 9.59 Å². The van der Waals surface area contributed by atoms with Gasteiger partial charge in [-0.1, -0.05) is 30.3 Å². The number of amides is 2. The van der Waals surface area contributed by atoms with Crippen molar-refractivity contribution in [3.8, 4) is 0 Å². The lowest BCUT2D eigenvalue weighted by Gasteiger charge is -2.05. The van der Waals surface area contributed by atoms with Crippen molar-refractivity contribution in [2.45, 2.75) is 0 Å². The molecule has 1 heterocycles. The van der Waals surface area contributed by atoms with Crippen LogP contribution in [0.4, 0.5) is 0 Å². The Morgan fingerprint density at radius 1 is 1.12 bits per heavy atom. The average Bonchev–Trinajstić information content (AvgIpc) is 3.03. The molecule has 2 aromatic carbocycles. The molecule has 0 bridgehead atoms. The summed E-state index contributed by atoms with van der Waals surface area (Å²) >= 11 is 2.08. The van der Waals surface area contributed by atoms with Gasteiger partial charge < -0.3 is 10.3 Å². The molecule has 0 spiro atoms. The summed E-state index contributed by atoms with van der Waals surface area (Å²) < 4.78 is 0.829. The molecule has 0 aliphatic rings. The molecule has 0 radical (unpaired) electrons. The number of hydrogen-bond donors (Lipinski definition) is 3. The van der Waals surface area contributed by atoms with Crippen LogP contribution in [0.2, 0.25) is 0 Å². The zero-order valence-corrected chi connectivity index (χ0v) is 15.3. The second kappa shape index (κ2) is 7.93. The van der Waals surface area contributed by atoms with E-state index in [4.69, 9.17) is 0 Å². The summed E-state index contributed by atoms with van der Waals surface area (Å²) in [4.78, 5) is 27.0. The van der Waals surface area contributed by atoms with Crippen LogP contribution < -0.4 is 10.7 Å². The second-order valence-electron chi connectivity index (χ2n) is 5.25. The van der Waals surface area contributed by atoms with Gasteiger partial charge in [0.15, 0.2) is 0 Å². The van der Waals surface area contributed by atoms with Gasteiger partial charge in [0.05, 0.1) is 18.3 Å². The van der Waals surface area contributed by atoms with Gasteiger partial charge in [-0.25, -0.2) is 5.43 Å². The van der Waals surface area contributed by atoms with Crippen molar-refractivity contribution >= 4 is 51.5 Å². The number of aromatic amines is 1. The van der Waals surface area contributed by atoms with Crippen molar-refractivity contribution in [1.82, 2.24) is 15.7 Å². The van der Waals surface area contributed by atoms with Gasteiger partial charge in [-0.15, -0.1) is 0 Å². The number of carbonyl (C=O) groups is 2. The zero-order chi connectivity index (χ0) is 17.6. The first-order valence-electron chi connectivity index (χ1n) is 7.56. The third-order valence-corrected chi connectivity index (χ3v) is 4.48. The van der Waals surface area contributed by atoms with Crippen LogP contribution in [0.15, 0.2) is 59.8 Å². The topological polar surface area (TPSA) is 86.3 Å². The largest absolute Gasteiger partial charge is 0.361 e. The number of halogens is 1. The normalized spacial score (nSPS) is 10.9. The van der Waals surface area contributed by atoms with Crippen molar-refractivity contribution in [2.24, 2.45) is 5.10 Å². The van der Waals surface area contributed by atoms with Crippen LogP contribution in [0, 0.1) is 3.57 Å².